The maximum Gasteiger partial charge on any atom is 0.164 e. The van der Waals surface area contributed by atoms with Crippen molar-refractivity contribution in [3.8, 4) is 163 Å². The first-order valence-electron chi connectivity index (χ1n) is 43.0. The van der Waals surface area contributed by atoms with E-state index in [1.807, 2.05) is 189 Å². The summed E-state index contributed by atoms with van der Waals surface area (Å²) in [7, 11) is 1.67. The quantitative estimate of drug-likeness (QED) is 0.101. The highest BCUT2D eigenvalue weighted by molar-refractivity contribution is 6.12. The van der Waals surface area contributed by atoms with Crippen LogP contribution in [0.5, 0.6) is 5.75 Å². The summed E-state index contributed by atoms with van der Waals surface area (Å²) in [5.41, 5.74) is 33.6. The molecule has 0 aliphatic heterocycles. The number of hydrogen-bond acceptors (Lipinski definition) is 13. The minimum Gasteiger partial charge on any atom is -0.497 e. The molecule has 0 saturated carbocycles. The summed E-state index contributed by atoms with van der Waals surface area (Å²) in [5.74, 6) is 4.15. The molecule has 1 aliphatic carbocycles. The Morgan fingerprint density at radius 2 is 0.628 bits per heavy atom. The van der Waals surface area contributed by atoms with Gasteiger partial charge in [0.25, 0.3) is 0 Å². The van der Waals surface area contributed by atoms with Crippen LogP contribution >= 0.6 is 0 Å². The number of furan rings is 3. The van der Waals surface area contributed by atoms with Gasteiger partial charge in [0.15, 0.2) is 34.7 Å². The third-order valence-electron chi connectivity index (χ3n) is 24.2. The van der Waals surface area contributed by atoms with E-state index in [-0.39, 0.29) is 5.41 Å². The van der Waals surface area contributed by atoms with E-state index in [2.05, 4.69) is 237 Å². The topological polar surface area (TPSA) is 165 Å². The van der Waals surface area contributed by atoms with Crippen LogP contribution in [0.3, 0.4) is 0 Å². The number of fused-ring (bicyclic) bond motifs is 12. The molecule has 13 nitrogen and oxygen atoms in total. The maximum absolute atomic E-state index is 6.12. The highest BCUT2D eigenvalue weighted by Crippen LogP contribution is 2.50. The summed E-state index contributed by atoms with van der Waals surface area (Å²) in [6.07, 6.45) is 3.67. The molecule has 1 aliphatic rings. The van der Waals surface area contributed by atoms with Gasteiger partial charge in [-0.15, -0.1) is 0 Å². The molecular weight excluding hydrogens is 1580 g/mol. The van der Waals surface area contributed by atoms with E-state index in [0.717, 1.165) is 201 Å². The second-order valence-electron chi connectivity index (χ2n) is 32.8. The summed E-state index contributed by atoms with van der Waals surface area (Å²) in [5, 5.41) is 5.25. The summed E-state index contributed by atoms with van der Waals surface area (Å²) in [6, 6.07) is 135. The Labute approximate surface area is 744 Å². The maximum atomic E-state index is 6.12. The van der Waals surface area contributed by atoms with Crippen LogP contribution in [-0.4, -0.2) is 52.0 Å². The van der Waals surface area contributed by atoms with Crippen molar-refractivity contribution in [3.05, 3.63) is 423 Å². The Hall–Kier alpha value is -17.0. The second kappa shape index (κ2) is 33.2. The van der Waals surface area contributed by atoms with Crippen molar-refractivity contribution in [3.63, 3.8) is 0 Å². The predicted molar refractivity (Wildman–Crippen MR) is 521 cm³/mol. The third kappa shape index (κ3) is 15.2. The van der Waals surface area contributed by atoms with Gasteiger partial charge in [-0.2, -0.15) is 0 Å². The first-order chi connectivity index (χ1) is 63.5. The number of rotatable bonds is 14. The van der Waals surface area contributed by atoms with Gasteiger partial charge in [0.05, 0.1) is 41.0 Å². The predicted octanol–water partition coefficient (Wildman–Crippen LogP) is 29.6. The monoisotopic (exact) mass is 1660 g/mol. The van der Waals surface area contributed by atoms with E-state index in [0.29, 0.717) is 23.3 Å². The molecule has 0 bridgehead atoms. The summed E-state index contributed by atoms with van der Waals surface area (Å²) in [6.45, 7) is 6.65. The van der Waals surface area contributed by atoms with Crippen molar-refractivity contribution in [2.75, 3.05) is 7.11 Å². The van der Waals surface area contributed by atoms with Gasteiger partial charge in [-0.05, 0) is 147 Å². The highest BCUT2D eigenvalue weighted by Gasteiger charge is 2.36. The van der Waals surface area contributed by atoms with Crippen LogP contribution < -0.4 is 4.74 Å². The molecule has 0 unspecified atom stereocenters. The molecule has 15 aromatic carbocycles. The molecule has 129 heavy (non-hydrogen) atoms. The lowest BCUT2D eigenvalue weighted by molar-refractivity contribution is 0.415. The number of hydrogen-bond donors (Lipinski definition) is 0. The minimum atomic E-state index is -0.0817. The molecule has 13 heteroatoms. The van der Waals surface area contributed by atoms with Crippen molar-refractivity contribution in [2.24, 2.45) is 0 Å². The molecule has 8 aromatic heterocycles. The number of pyridine rings is 2. The van der Waals surface area contributed by atoms with E-state index in [1.54, 1.807) is 13.3 Å². The molecule has 8 heterocycles. The van der Waals surface area contributed by atoms with Gasteiger partial charge < -0.3 is 18.0 Å². The van der Waals surface area contributed by atoms with Gasteiger partial charge in [-0.3, -0.25) is 9.97 Å². The van der Waals surface area contributed by atoms with Crippen LogP contribution in [0.25, 0.3) is 224 Å². The Kier molecular flexibility index (Phi) is 20.1. The molecule has 24 rings (SSSR count). The smallest absolute Gasteiger partial charge is 0.164 e. The van der Waals surface area contributed by atoms with Crippen molar-refractivity contribution in [1.29, 1.82) is 0 Å². The Bertz CT molecular complexity index is 8030. The van der Waals surface area contributed by atoms with Crippen LogP contribution in [0, 0.1) is 6.92 Å². The fraction of sp³-hybridized carbons (Fsp3) is 0.0431. The molecule has 0 fully saturated rings. The lowest BCUT2D eigenvalue weighted by Gasteiger charge is -2.22. The largest absolute Gasteiger partial charge is 0.497 e. The van der Waals surface area contributed by atoms with Crippen LogP contribution in [0.1, 0.15) is 30.5 Å². The zero-order valence-electron chi connectivity index (χ0n) is 70.8. The zero-order valence-corrected chi connectivity index (χ0v) is 70.8. The van der Waals surface area contributed by atoms with Gasteiger partial charge in [0.2, 0.25) is 0 Å². The molecule has 0 N–H and O–H groups in total. The molecule has 0 amide bonds. The van der Waals surface area contributed by atoms with Gasteiger partial charge in [0, 0.05) is 95.0 Å². The number of methoxy groups -OCH3 is 1. The fourth-order valence-corrected chi connectivity index (χ4v) is 17.5. The van der Waals surface area contributed by atoms with E-state index >= 15 is 0 Å². The lowest BCUT2D eigenvalue weighted by atomic mass is 9.82. The third-order valence-corrected chi connectivity index (χ3v) is 24.2. The second-order valence-corrected chi connectivity index (χ2v) is 32.8. The van der Waals surface area contributed by atoms with Crippen molar-refractivity contribution >= 4 is 65.9 Å². The van der Waals surface area contributed by atoms with Crippen LogP contribution in [-0.2, 0) is 5.41 Å². The number of aromatic nitrogens is 9. The van der Waals surface area contributed by atoms with Gasteiger partial charge in [-0.1, -0.05) is 329 Å². The Morgan fingerprint density at radius 3 is 1.18 bits per heavy atom. The molecule has 612 valence electrons. The van der Waals surface area contributed by atoms with Crippen LogP contribution in [0.15, 0.2) is 420 Å². The molecule has 0 spiro atoms. The minimum absolute atomic E-state index is 0.0817. The van der Waals surface area contributed by atoms with E-state index in [4.69, 9.17) is 57.9 Å². The number of aryl methyl sites for hydroxylation is 1. The van der Waals surface area contributed by atoms with Gasteiger partial charge in [0.1, 0.15) is 39.2 Å². The highest BCUT2D eigenvalue weighted by atomic mass is 16.5. The SMILES string of the molecule is CC1(C)c2ccccc2-c2ccc(-c3cc(-c4ccc(-c5ccc6oc7ccccc7c6c5)cc4)nc(-c4ccccc4)n3)cc21.COc1ccc2oc3ccnc(-c4ccc(-c5ccc(-c6cc(-c7ccccc7)nc(-c7ccccc7)n6)cc5)cc4)c3c2c1.Cc1cnc2c(c1)oc1ccc(-c3ccc(-c4nc(-c5ccccc5)nc(-c5ccccc5)n4)cc3)cc12. The summed E-state index contributed by atoms with van der Waals surface area (Å²) < 4.78 is 23.7. The molecule has 0 atom stereocenters. The van der Waals surface area contributed by atoms with E-state index in [1.165, 1.54) is 22.3 Å². The Balaban J connectivity index is 0.000000114. The molecule has 0 saturated heterocycles. The number of para-hydroxylation sites is 1. The summed E-state index contributed by atoms with van der Waals surface area (Å²) >= 11 is 0. The number of nitrogens with zero attached hydrogens (tertiary/aromatic N) is 9. The molecular formula is C116H79N9O4. The average molecular weight is 1660 g/mol. The van der Waals surface area contributed by atoms with Gasteiger partial charge in [-0.25, -0.2) is 34.9 Å². The summed E-state index contributed by atoms with van der Waals surface area (Å²) in [4.78, 5) is 43.9. The Morgan fingerprint density at radius 1 is 0.248 bits per heavy atom. The normalized spacial score (nSPS) is 11.9. The fourth-order valence-electron chi connectivity index (χ4n) is 17.5. The van der Waals surface area contributed by atoms with Crippen LogP contribution in [0.2, 0.25) is 0 Å². The standard InChI is InChI=1S/C43H30N2O.C40H27N3O2.C33H22N4O/c1-43(2)36-14-8-6-12-32(36)33-22-20-31(25-37(33)43)39-26-38(44-42(45-39)29-10-4-3-5-11-29)28-18-16-27(17-19-28)30-21-23-41-35(24-30)34-13-7-9-15-40(34)46-41;1-44-32-20-21-36-33(24-32)38-37(45-36)22-23-41-39(38)30-18-14-27(15-19-30)26-12-16-29(17-13-26)35-25-34(28-8-4-2-5-9-28)42-40(43-35)31-10-6-3-7-11-31;1-21-18-29-30(34-20-21)27-19-26(16-17-28(27)38-29)22-12-14-25(15-13-22)33-36-31(23-8-4-2-5-9-23)35-32(37-33)24-10-6-3-7-11-24/h3-26H,1-2H3;2-25H,1H3;2-20H,1H3. The first kappa shape index (κ1) is 78.0. The zero-order chi connectivity index (χ0) is 86.5. The molecule has 23 aromatic rings. The van der Waals surface area contributed by atoms with Gasteiger partial charge >= 0.3 is 0 Å². The van der Waals surface area contributed by atoms with Crippen molar-refractivity contribution in [2.45, 2.75) is 26.2 Å². The van der Waals surface area contributed by atoms with E-state index < -0.39 is 0 Å². The number of benzene rings is 15. The lowest BCUT2D eigenvalue weighted by Crippen LogP contribution is -2.14. The van der Waals surface area contributed by atoms with Crippen LogP contribution in [0.4, 0.5) is 0 Å². The average Bonchev–Trinajstić information content (AvgIpc) is 1.58. The van der Waals surface area contributed by atoms with E-state index in [9.17, 15) is 0 Å². The van der Waals surface area contributed by atoms with Crippen molar-refractivity contribution in [1.82, 2.24) is 44.9 Å². The van der Waals surface area contributed by atoms with Crippen molar-refractivity contribution < 1.29 is 18.0 Å². The molecule has 0 radical (unpaired) electrons. The first-order valence-corrected chi connectivity index (χ1v) is 43.0. The number of ether oxygens (including phenoxy) is 1.